The van der Waals surface area contributed by atoms with E-state index < -0.39 is 140 Å². The average molecular weight is 1850 g/mol. The van der Waals surface area contributed by atoms with Crippen LogP contribution in [-0.4, -0.2) is 364 Å². The molecule has 18 N–H and O–H groups in total. The number of rotatable bonds is 56. The second kappa shape index (κ2) is 56.7. The van der Waals surface area contributed by atoms with Gasteiger partial charge in [-0.05, 0) is 183 Å². The summed E-state index contributed by atoms with van der Waals surface area (Å²) in [6.45, 7) is 8.46. The van der Waals surface area contributed by atoms with Crippen LogP contribution >= 0.6 is 0 Å². The first-order valence-electron chi connectivity index (χ1n) is 48.4. The minimum Gasteiger partial charge on any atom is -0.396 e. The number of carbonyl (C=O) groups excluding carboxylic acids is 11. The van der Waals surface area contributed by atoms with E-state index in [1.54, 1.807) is 0 Å². The molecule has 17 atom stereocenters. The largest absolute Gasteiger partial charge is 0.396 e. The number of aliphatic hydroxyl groups excluding tert-OH is 11. The summed E-state index contributed by atoms with van der Waals surface area (Å²) in [5, 5.41) is 131. The maximum Gasteiger partial charge on any atom is 0.222 e. The zero-order valence-electron chi connectivity index (χ0n) is 77.1. The number of fused-ring (bicyclic) bond motifs is 1. The summed E-state index contributed by atoms with van der Waals surface area (Å²) in [5.74, 6) is -0.815. The van der Waals surface area contributed by atoms with Crippen molar-refractivity contribution >= 4 is 65.0 Å². The number of hydrogen-bond donors (Lipinski definition) is 18. The second-order valence-corrected chi connectivity index (χ2v) is 37.5. The average Bonchev–Trinajstić information content (AvgIpc) is 0.994. The van der Waals surface area contributed by atoms with E-state index in [9.17, 15) is 109 Å². The number of likely N-dealkylation sites (tertiary alicyclic amines) is 4. The Balaban J connectivity index is 0.837. The smallest absolute Gasteiger partial charge is 0.222 e. The molecule has 39 nitrogen and oxygen atoms in total. The van der Waals surface area contributed by atoms with Gasteiger partial charge in [-0.25, -0.2) is 0 Å². The Bertz CT molecular complexity index is 3160. The highest BCUT2D eigenvalue weighted by atomic mass is 16.7. The number of ether oxygens (including phenoxy) is 6. The fourth-order valence-electron chi connectivity index (χ4n) is 20.9. The number of amides is 11. The van der Waals surface area contributed by atoms with Gasteiger partial charge in [-0.15, -0.1) is 0 Å². The summed E-state index contributed by atoms with van der Waals surface area (Å²) in [6.07, 6.45) is 4.03. The molecule has 0 aromatic rings. The lowest BCUT2D eigenvalue weighted by Gasteiger charge is -2.57. The van der Waals surface area contributed by atoms with Crippen molar-refractivity contribution in [1.82, 2.24) is 56.8 Å². The van der Waals surface area contributed by atoms with E-state index in [0.29, 0.717) is 271 Å². The maximum absolute atomic E-state index is 14.4. The van der Waals surface area contributed by atoms with E-state index in [-0.39, 0.29) is 136 Å². The molecule has 0 aromatic heterocycles. The summed E-state index contributed by atoms with van der Waals surface area (Å²) in [4.78, 5) is 152. The van der Waals surface area contributed by atoms with Crippen LogP contribution in [0, 0.1) is 40.4 Å². The van der Waals surface area contributed by atoms with Gasteiger partial charge >= 0.3 is 0 Å². The molecule has 0 radical (unpaired) electrons. The minimum absolute atomic E-state index is 0.0529. The van der Waals surface area contributed by atoms with Crippen molar-refractivity contribution in [1.29, 1.82) is 0 Å². The summed E-state index contributed by atoms with van der Waals surface area (Å²) < 4.78 is 34.2. The molecule has 39 heteroatoms. The Morgan fingerprint density at radius 1 is 0.338 bits per heavy atom. The Hall–Kier alpha value is -6.51. The van der Waals surface area contributed by atoms with Crippen molar-refractivity contribution in [3.63, 3.8) is 0 Å². The van der Waals surface area contributed by atoms with Crippen LogP contribution in [0.5, 0.6) is 0 Å². The molecular formula is C91H157N11O28. The molecule has 0 aromatic carbocycles. The number of aliphatic hydroxyl groups is 11. The molecule has 7 heterocycles. The van der Waals surface area contributed by atoms with Crippen LogP contribution in [0.4, 0.5) is 0 Å². The Kier molecular flexibility index (Phi) is 47.5. The van der Waals surface area contributed by atoms with Gasteiger partial charge in [-0.3, -0.25) is 52.7 Å². The molecule has 8 rings (SSSR count). The molecule has 7 aliphatic heterocycles. The highest BCUT2D eigenvalue weighted by molar-refractivity contribution is 5.80. The quantitative estimate of drug-likeness (QED) is 0.0338. The van der Waals surface area contributed by atoms with Crippen molar-refractivity contribution in [2.45, 2.75) is 337 Å². The molecule has 8 aliphatic rings. The first-order valence-corrected chi connectivity index (χ1v) is 48.4. The van der Waals surface area contributed by atoms with Crippen molar-refractivity contribution in [3.8, 4) is 0 Å². The van der Waals surface area contributed by atoms with Crippen LogP contribution in [0.15, 0.2) is 0 Å². The van der Waals surface area contributed by atoms with Crippen LogP contribution < -0.4 is 37.2 Å². The van der Waals surface area contributed by atoms with Gasteiger partial charge < -0.3 is 141 Å². The minimum atomic E-state index is -1.44. The Morgan fingerprint density at radius 2 is 0.600 bits per heavy atom. The molecular weight excluding hydrogens is 1700 g/mol. The highest BCUT2D eigenvalue weighted by Crippen LogP contribution is 2.57. The van der Waals surface area contributed by atoms with E-state index in [1.807, 2.05) is 19.6 Å². The van der Waals surface area contributed by atoms with E-state index in [4.69, 9.17) is 28.4 Å². The van der Waals surface area contributed by atoms with Gasteiger partial charge in [0, 0.05) is 176 Å². The van der Waals surface area contributed by atoms with Crippen molar-refractivity contribution in [2.24, 2.45) is 40.4 Å². The molecule has 17 unspecified atom stereocenters. The third-order valence-corrected chi connectivity index (χ3v) is 28.2. The first-order chi connectivity index (χ1) is 62.5. The topological polar surface area (TPSA) is 563 Å². The summed E-state index contributed by atoms with van der Waals surface area (Å²) >= 11 is 0. The lowest BCUT2D eigenvalue weighted by atomic mass is 9.51. The van der Waals surface area contributed by atoms with E-state index in [2.05, 4.69) is 37.2 Å². The Morgan fingerprint density at radius 3 is 0.862 bits per heavy atom. The third kappa shape index (κ3) is 33.5. The third-order valence-electron chi connectivity index (χ3n) is 28.2. The zero-order chi connectivity index (χ0) is 94.3. The van der Waals surface area contributed by atoms with Crippen LogP contribution in [0.1, 0.15) is 245 Å². The number of piperidine rings is 3. The van der Waals surface area contributed by atoms with Gasteiger partial charge in [0.2, 0.25) is 65.0 Å². The number of nitrogens with zero attached hydrogens (tertiary/aromatic N) is 4. The van der Waals surface area contributed by atoms with E-state index >= 15 is 0 Å². The van der Waals surface area contributed by atoms with Crippen molar-refractivity contribution < 1.29 is 137 Å². The zero-order valence-corrected chi connectivity index (χ0v) is 77.1. The van der Waals surface area contributed by atoms with Gasteiger partial charge in [0.25, 0.3) is 0 Å². The van der Waals surface area contributed by atoms with E-state index in [1.165, 1.54) is 20.8 Å². The lowest BCUT2D eigenvalue weighted by Crippen LogP contribution is -2.64. The summed E-state index contributed by atoms with van der Waals surface area (Å²) in [6, 6.07) is -3.20. The molecule has 1 aliphatic carbocycles. The fraction of sp³-hybridized carbons (Fsp3) is 0.879. The monoisotopic (exact) mass is 1850 g/mol. The van der Waals surface area contributed by atoms with Crippen molar-refractivity contribution in [2.75, 3.05) is 131 Å². The fourth-order valence-corrected chi connectivity index (χ4v) is 20.9. The van der Waals surface area contributed by atoms with Crippen LogP contribution in [0.25, 0.3) is 0 Å². The number of carbonyl (C=O) groups is 11. The Labute approximate surface area is 765 Å². The van der Waals surface area contributed by atoms with Crippen LogP contribution in [0.3, 0.4) is 0 Å². The molecule has 0 spiro atoms. The summed E-state index contributed by atoms with van der Waals surface area (Å²) in [5.41, 5.74) is -0.886. The molecule has 11 amide bonds. The van der Waals surface area contributed by atoms with Crippen LogP contribution in [-0.2, 0) is 81.2 Å². The number of unbranched alkanes of at least 4 members (excludes halogenated alkanes) is 11. The molecule has 0 bridgehead atoms. The van der Waals surface area contributed by atoms with Gasteiger partial charge in [0.05, 0.1) is 33.0 Å². The molecule has 744 valence electrons. The standard InChI is InChI=1S/C91H157N11O28/c1-59(108)96-78-84(122)81(119)67(54-103)128-87(78)125-47-19-12-22-70(111)92-37-15-4-8-25-74(115)99-41-30-64(31-42-99)91(36-29-73(114)95-40-18-7-11-28-77(118)102-52-62-50-90(57-106,58-107)51-63(62)53-102,65-32-43-100(44-33-65)75(116)26-9-5-16-38-93-71(112)23-13-20-48-126-88-79(97-60(2)109)85(123)82(120)68(55-104)129-88)66-34-45-101(46-35-66)76(117)27-10-6-17-39-94-72(113)24-14-21-49-127-89-80(98-61(3)110)86(124)83(121)69(56-105)130-89/h62-69,78-89,103-107,119-124H,4-58H2,1-3H3,(H,92,111)(H,93,112)(H,94,113)(H,95,114)(H,96,108)(H,97,109)(H,98,110). The van der Waals surface area contributed by atoms with Gasteiger partial charge in [-0.1, -0.05) is 25.7 Å². The molecule has 1 saturated carbocycles. The molecule has 7 saturated heterocycles. The predicted octanol–water partition coefficient (Wildman–Crippen LogP) is -0.594. The van der Waals surface area contributed by atoms with Gasteiger partial charge in [0.15, 0.2) is 18.9 Å². The highest BCUT2D eigenvalue weighted by Gasteiger charge is 2.55. The number of nitrogens with one attached hydrogen (secondary N) is 7. The predicted molar refractivity (Wildman–Crippen MR) is 470 cm³/mol. The van der Waals surface area contributed by atoms with Gasteiger partial charge in [0.1, 0.15) is 73.1 Å². The number of hydrogen-bond acceptors (Lipinski definition) is 28. The molecule has 130 heavy (non-hydrogen) atoms. The SMILES string of the molecule is CC(=O)NC1C(OCCCCC(=O)NCCCCCC(=O)N2CCC(C(CCC(=O)NCCCCCC(=O)N3CC4CC(CO)(CO)CC4C3)(C3CCN(C(=O)CCCCCNC(=O)CCCCOC4OC(CO)C(O)C(O)C4NC(C)=O)CC3)C3CCN(C(=O)CCCCCNC(=O)CCCCOC4OC(CO)C(O)C(O)C4NC(C)=O)CC3)CC2)OC(CO)C(O)C1O. The van der Waals surface area contributed by atoms with E-state index in [0.717, 1.165) is 6.42 Å². The first kappa shape index (κ1) is 109. The normalized spacial score (nSPS) is 27.8. The second-order valence-electron chi connectivity index (χ2n) is 37.5. The summed E-state index contributed by atoms with van der Waals surface area (Å²) in [7, 11) is 0. The van der Waals surface area contributed by atoms with Gasteiger partial charge in [-0.2, -0.15) is 0 Å². The van der Waals surface area contributed by atoms with Crippen LogP contribution in [0.2, 0.25) is 0 Å². The van der Waals surface area contributed by atoms with Crippen molar-refractivity contribution in [3.05, 3.63) is 0 Å². The lowest BCUT2D eigenvalue weighted by molar-refractivity contribution is -0.270. The molecule has 8 fully saturated rings. The maximum atomic E-state index is 14.4.